The van der Waals surface area contributed by atoms with E-state index in [1.54, 1.807) is 6.07 Å². The Morgan fingerprint density at radius 1 is 1.19 bits per heavy atom. The normalized spacial score (nSPS) is 12.0. The topological polar surface area (TPSA) is 38.3 Å². The van der Waals surface area contributed by atoms with Gasteiger partial charge in [0, 0.05) is 17.1 Å². The summed E-state index contributed by atoms with van der Waals surface area (Å²) in [5, 5.41) is 3.44. The van der Waals surface area contributed by atoms with Gasteiger partial charge in [0.2, 0.25) is 0 Å². The van der Waals surface area contributed by atoms with Crippen LogP contribution in [0.25, 0.3) is 0 Å². The first-order valence-corrected chi connectivity index (χ1v) is 7.56. The zero-order valence-corrected chi connectivity index (χ0v) is 13.7. The Bertz CT molecular complexity index is 628. The summed E-state index contributed by atoms with van der Waals surface area (Å²) in [6.45, 7) is 2.70. The molecule has 0 spiro atoms. The predicted molar refractivity (Wildman–Crippen MR) is 87.2 cm³/mol. The number of carbonyl (C=O) groups is 1. The molecule has 21 heavy (non-hydrogen) atoms. The van der Waals surface area contributed by atoms with Gasteiger partial charge in [0.25, 0.3) is 0 Å². The van der Waals surface area contributed by atoms with Gasteiger partial charge in [-0.2, -0.15) is 0 Å². The van der Waals surface area contributed by atoms with Crippen molar-refractivity contribution in [1.29, 1.82) is 0 Å². The molecule has 2 rings (SSSR count). The zero-order valence-electron chi connectivity index (χ0n) is 12.1. The summed E-state index contributed by atoms with van der Waals surface area (Å²) in [6.07, 6.45) is 0. The molecule has 4 heteroatoms. The van der Waals surface area contributed by atoms with Crippen LogP contribution in [0.3, 0.4) is 0 Å². The highest BCUT2D eigenvalue weighted by atomic mass is 79.9. The number of methoxy groups -OCH3 is 1. The summed E-state index contributed by atoms with van der Waals surface area (Å²) >= 11 is 3.56. The number of halogens is 1. The van der Waals surface area contributed by atoms with Gasteiger partial charge >= 0.3 is 5.97 Å². The summed E-state index contributed by atoms with van der Waals surface area (Å²) in [5.41, 5.74) is 2.73. The third kappa shape index (κ3) is 3.93. The van der Waals surface area contributed by atoms with Gasteiger partial charge in [-0.3, -0.25) is 0 Å². The van der Waals surface area contributed by atoms with Crippen LogP contribution >= 0.6 is 15.9 Å². The van der Waals surface area contributed by atoms with Gasteiger partial charge in [0.15, 0.2) is 0 Å². The minimum atomic E-state index is -0.305. The molecule has 110 valence electrons. The molecule has 0 aliphatic carbocycles. The summed E-state index contributed by atoms with van der Waals surface area (Å²) < 4.78 is 5.89. The van der Waals surface area contributed by atoms with Gasteiger partial charge in [-0.15, -0.1) is 0 Å². The van der Waals surface area contributed by atoms with E-state index in [4.69, 9.17) is 4.74 Å². The summed E-state index contributed by atoms with van der Waals surface area (Å²) in [6, 6.07) is 15.8. The first kappa shape index (κ1) is 15.7. The Kier molecular flexibility index (Phi) is 5.53. The van der Waals surface area contributed by atoms with Crippen LogP contribution in [0.1, 0.15) is 34.5 Å². The number of ether oxygens (including phenoxy) is 1. The maximum Gasteiger partial charge on any atom is 0.338 e. The van der Waals surface area contributed by atoms with Gasteiger partial charge < -0.3 is 10.1 Å². The van der Waals surface area contributed by atoms with E-state index in [1.807, 2.05) is 36.4 Å². The Labute approximate surface area is 133 Å². The van der Waals surface area contributed by atoms with Crippen molar-refractivity contribution in [3.05, 3.63) is 69.7 Å². The number of carbonyl (C=O) groups excluding carboxylic acids is 1. The second-order valence-corrected chi connectivity index (χ2v) is 5.63. The van der Waals surface area contributed by atoms with Gasteiger partial charge in [-0.1, -0.05) is 52.3 Å². The molecule has 0 bridgehead atoms. The van der Waals surface area contributed by atoms with Crippen LogP contribution in [0.2, 0.25) is 0 Å². The molecular weight excluding hydrogens is 330 g/mol. The largest absolute Gasteiger partial charge is 0.465 e. The Morgan fingerprint density at radius 3 is 2.57 bits per heavy atom. The SMILES string of the molecule is COC(=O)c1ccccc1CN[C@H](C)c1ccccc1Br. The lowest BCUT2D eigenvalue weighted by Crippen LogP contribution is -2.20. The highest BCUT2D eigenvalue weighted by Crippen LogP contribution is 2.23. The maximum atomic E-state index is 11.7. The van der Waals surface area contributed by atoms with Crippen molar-refractivity contribution in [2.75, 3.05) is 7.11 Å². The highest BCUT2D eigenvalue weighted by Gasteiger charge is 2.13. The first-order chi connectivity index (χ1) is 10.1. The zero-order chi connectivity index (χ0) is 15.2. The van der Waals surface area contributed by atoms with Crippen molar-refractivity contribution >= 4 is 21.9 Å². The molecule has 0 fully saturated rings. The number of nitrogens with one attached hydrogen (secondary N) is 1. The lowest BCUT2D eigenvalue weighted by Gasteiger charge is -2.17. The lowest BCUT2D eigenvalue weighted by molar-refractivity contribution is 0.0599. The molecule has 0 saturated carbocycles. The molecule has 0 heterocycles. The third-order valence-electron chi connectivity index (χ3n) is 3.39. The van der Waals surface area contributed by atoms with E-state index in [2.05, 4.69) is 34.2 Å². The molecule has 0 radical (unpaired) electrons. The minimum absolute atomic E-state index is 0.172. The second kappa shape index (κ2) is 7.38. The molecule has 0 unspecified atom stereocenters. The molecule has 0 saturated heterocycles. The lowest BCUT2D eigenvalue weighted by atomic mass is 10.1. The molecule has 2 aromatic carbocycles. The third-order valence-corrected chi connectivity index (χ3v) is 4.12. The number of rotatable bonds is 5. The molecule has 0 amide bonds. The molecule has 3 nitrogen and oxygen atoms in total. The van der Waals surface area contributed by atoms with Gasteiger partial charge in [-0.05, 0) is 30.2 Å². The van der Waals surface area contributed by atoms with Crippen LogP contribution in [0, 0.1) is 0 Å². The van der Waals surface area contributed by atoms with E-state index in [-0.39, 0.29) is 12.0 Å². The average molecular weight is 348 g/mol. The van der Waals surface area contributed by atoms with Crippen molar-refractivity contribution in [1.82, 2.24) is 5.32 Å². The van der Waals surface area contributed by atoms with Crippen LogP contribution in [0.5, 0.6) is 0 Å². The van der Waals surface area contributed by atoms with Crippen molar-refractivity contribution in [3.8, 4) is 0 Å². The number of hydrogen-bond acceptors (Lipinski definition) is 3. The molecule has 0 aliphatic heterocycles. The van der Waals surface area contributed by atoms with E-state index in [0.717, 1.165) is 10.0 Å². The van der Waals surface area contributed by atoms with E-state index in [0.29, 0.717) is 12.1 Å². The molecule has 1 N–H and O–H groups in total. The summed E-state index contributed by atoms with van der Waals surface area (Å²) in [7, 11) is 1.40. The van der Waals surface area contributed by atoms with Gasteiger partial charge in [0.05, 0.1) is 12.7 Å². The fourth-order valence-electron chi connectivity index (χ4n) is 2.18. The standard InChI is InChI=1S/C17H18BrNO2/c1-12(14-8-5-6-10-16(14)18)19-11-13-7-3-4-9-15(13)17(20)21-2/h3-10,12,19H,11H2,1-2H3/t12-/m1/s1. The first-order valence-electron chi connectivity index (χ1n) is 6.77. The van der Waals surface area contributed by atoms with E-state index >= 15 is 0 Å². The Hall–Kier alpha value is -1.65. The number of esters is 1. The van der Waals surface area contributed by atoms with E-state index < -0.39 is 0 Å². The molecule has 0 aromatic heterocycles. The van der Waals surface area contributed by atoms with Crippen LogP contribution in [-0.2, 0) is 11.3 Å². The van der Waals surface area contributed by atoms with Crippen LogP contribution in [-0.4, -0.2) is 13.1 Å². The van der Waals surface area contributed by atoms with Crippen LogP contribution in [0.15, 0.2) is 53.0 Å². The van der Waals surface area contributed by atoms with Crippen LogP contribution < -0.4 is 5.32 Å². The summed E-state index contributed by atoms with van der Waals surface area (Å²) in [4.78, 5) is 11.7. The second-order valence-electron chi connectivity index (χ2n) is 4.77. The number of hydrogen-bond donors (Lipinski definition) is 1. The van der Waals surface area contributed by atoms with Crippen molar-refractivity contribution in [3.63, 3.8) is 0 Å². The quantitative estimate of drug-likeness (QED) is 0.828. The predicted octanol–water partition coefficient (Wildman–Crippen LogP) is 4.09. The van der Waals surface area contributed by atoms with E-state index in [9.17, 15) is 4.79 Å². The molecular formula is C17H18BrNO2. The smallest absolute Gasteiger partial charge is 0.338 e. The van der Waals surface area contributed by atoms with Crippen molar-refractivity contribution in [2.24, 2.45) is 0 Å². The fraction of sp³-hybridized carbons (Fsp3) is 0.235. The van der Waals surface area contributed by atoms with Crippen molar-refractivity contribution < 1.29 is 9.53 Å². The maximum absolute atomic E-state index is 11.7. The van der Waals surface area contributed by atoms with Gasteiger partial charge in [-0.25, -0.2) is 4.79 Å². The minimum Gasteiger partial charge on any atom is -0.465 e. The van der Waals surface area contributed by atoms with E-state index in [1.165, 1.54) is 12.7 Å². The Balaban J connectivity index is 2.10. The van der Waals surface area contributed by atoms with Crippen LogP contribution in [0.4, 0.5) is 0 Å². The monoisotopic (exact) mass is 347 g/mol. The molecule has 0 aliphatic rings. The highest BCUT2D eigenvalue weighted by molar-refractivity contribution is 9.10. The molecule has 2 aromatic rings. The molecule has 1 atom stereocenters. The van der Waals surface area contributed by atoms with Crippen molar-refractivity contribution in [2.45, 2.75) is 19.5 Å². The number of benzene rings is 2. The fourth-order valence-corrected chi connectivity index (χ4v) is 2.81. The average Bonchev–Trinajstić information content (AvgIpc) is 2.52. The summed E-state index contributed by atoms with van der Waals surface area (Å²) in [5.74, 6) is -0.305. The van der Waals surface area contributed by atoms with Gasteiger partial charge in [0.1, 0.15) is 0 Å². The Morgan fingerprint density at radius 2 is 1.86 bits per heavy atom.